The Morgan fingerprint density at radius 3 is 2.26 bits per heavy atom. The Labute approximate surface area is 114 Å². The molecule has 1 aromatic carbocycles. The van der Waals surface area contributed by atoms with Gasteiger partial charge in [0.05, 0.1) is 5.69 Å². The predicted octanol–water partition coefficient (Wildman–Crippen LogP) is 2.86. The van der Waals surface area contributed by atoms with Crippen LogP contribution in [0.1, 0.15) is 43.5 Å². The van der Waals surface area contributed by atoms with Crippen LogP contribution >= 0.6 is 0 Å². The van der Waals surface area contributed by atoms with E-state index >= 15 is 0 Å². The first-order valence-electron chi connectivity index (χ1n) is 6.60. The van der Waals surface area contributed by atoms with Gasteiger partial charge in [-0.05, 0) is 28.7 Å². The van der Waals surface area contributed by atoms with Crippen molar-refractivity contribution >= 4 is 0 Å². The second-order valence-corrected chi connectivity index (χ2v) is 5.81. The molecule has 100 valence electrons. The minimum Gasteiger partial charge on any atom is -0.329 e. The van der Waals surface area contributed by atoms with Crippen molar-refractivity contribution in [2.75, 3.05) is 6.54 Å². The fourth-order valence-electron chi connectivity index (χ4n) is 2.14. The summed E-state index contributed by atoms with van der Waals surface area (Å²) in [4.78, 5) is 0. The van der Waals surface area contributed by atoms with Crippen molar-refractivity contribution in [3.63, 3.8) is 0 Å². The minimum atomic E-state index is 0.114. The second-order valence-electron chi connectivity index (χ2n) is 5.81. The first-order valence-corrected chi connectivity index (χ1v) is 6.60. The lowest BCUT2D eigenvalue weighted by Crippen LogP contribution is -2.16. The summed E-state index contributed by atoms with van der Waals surface area (Å²) >= 11 is 0. The Bertz CT molecular complexity index is 512. The molecular formula is C16H21N3. The van der Waals surface area contributed by atoms with Gasteiger partial charge in [0.25, 0.3) is 0 Å². The van der Waals surface area contributed by atoms with Crippen LogP contribution in [0, 0.1) is 0 Å². The molecule has 19 heavy (non-hydrogen) atoms. The third-order valence-corrected chi connectivity index (χ3v) is 3.36. The molecule has 3 heteroatoms. The molecule has 0 spiro atoms. The van der Waals surface area contributed by atoms with E-state index in [9.17, 15) is 0 Å². The first kappa shape index (κ1) is 13.7. The van der Waals surface area contributed by atoms with Crippen molar-refractivity contribution in [3.05, 3.63) is 59.4 Å². The average molecular weight is 255 g/mol. The zero-order valence-corrected chi connectivity index (χ0v) is 11.8. The maximum Gasteiger partial charge on any atom is 0.0718 e. The van der Waals surface area contributed by atoms with E-state index in [2.05, 4.69) is 55.2 Å². The van der Waals surface area contributed by atoms with E-state index in [0.29, 0.717) is 6.54 Å². The minimum absolute atomic E-state index is 0.114. The molecular weight excluding hydrogens is 234 g/mol. The van der Waals surface area contributed by atoms with E-state index in [1.807, 2.05) is 12.1 Å². The highest BCUT2D eigenvalue weighted by atomic mass is 15.1. The molecule has 0 aliphatic heterocycles. The van der Waals surface area contributed by atoms with Crippen LogP contribution in [0.4, 0.5) is 0 Å². The molecule has 1 aromatic heterocycles. The monoisotopic (exact) mass is 255 g/mol. The highest BCUT2D eigenvalue weighted by molar-refractivity contribution is 5.33. The van der Waals surface area contributed by atoms with Gasteiger partial charge in [0.15, 0.2) is 0 Å². The van der Waals surface area contributed by atoms with E-state index < -0.39 is 0 Å². The van der Waals surface area contributed by atoms with Crippen LogP contribution in [0.2, 0.25) is 0 Å². The molecule has 0 amide bonds. The Morgan fingerprint density at radius 2 is 1.79 bits per heavy atom. The summed E-state index contributed by atoms with van der Waals surface area (Å²) in [5.41, 5.74) is 9.50. The first-order chi connectivity index (χ1) is 9.02. The van der Waals surface area contributed by atoms with Crippen LogP contribution in [-0.2, 0) is 5.41 Å². The smallest absolute Gasteiger partial charge is 0.0718 e. The third kappa shape index (κ3) is 3.18. The van der Waals surface area contributed by atoms with Gasteiger partial charge >= 0.3 is 0 Å². The van der Waals surface area contributed by atoms with Gasteiger partial charge < -0.3 is 5.73 Å². The quantitative estimate of drug-likeness (QED) is 0.917. The van der Waals surface area contributed by atoms with E-state index in [-0.39, 0.29) is 11.3 Å². The molecule has 0 aliphatic rings. The van der Waals surface area contributed by atoms with Crippen molar-refractivity contribution in [1.29, 1.82) is 0 Å². The molecule has 0 saturated carbocycles. The maximum absolute atomic E-state index is 5.89. The molecule has 0 aliphatic carbocycles. The zero-order valence-electron chi connectivity index (χ0n) is 11.8. The fraction of sp³-hybridized carbons (Fsp3) is 0.375. The highest BCUT2D eigenvalue weighted by Gasteiger charge is 2.17. The number of nitrogens with two attached hydrogens (primary N) is 1. The Hall–Kier alpha value is -1.74. The molecule has 1 atom stereocenters. The summed E-state index contributed by atoms with van der Waals surface area (Å²) in [7, 11) is 0. The van der Waals surface area contributed by atoms with Crippen LogP contribution in [0.15, 0.2) is 42.6 Å². The van der Waals surface area contributed by atoms with Gasteiger partial charge in [-0.15, -0.1) is 0 Å². The standard InChI is InChI=1S/C16H21N3/c1-16(2,3)13-8-6-12(7-9-13)14(11-17)15-5-4-10-18-19-15/h4-10,14H,11,17H2,1-3H3. The van der Waals surface area contributed by atoms with Gasteiger partial charge in [-0.3, -0.25) is 0 Å². The molecule has 0 fully saturated rings. The normalized spacial score (nSPS) is 13.3. The third-order valence-electron chi connectivity index (χ3n) is 3.36. The summed E-state index contributed by atoms with van der Waals surface area (Å²) < 4.78 is 0. The van der Waals surface area contributed by atoms with Gasteiger partial charge in [0.1, 0.15) is 0 Å². The zero-order chi connectivity index (χ0) is 13.9. The summed E-state index contributed by atoms with van der Waals surface area (Å²) in [6.07, 6.45) is 1.68. The molecule has 0 bridgehead atoms. The van der Waals surface area contributed by atoms with Crippen molar-refractivity contribution in [3.8, 4) is 0 Å². The Morgan fingerprint density at radius 1 is 1.11 bits per heavy atom. The van der Waals surface area contributed by atoms with Crippen LogP contribution < -0.4 is 5.73 Å². The number of nitrogens with zero attached hydrogens (tertiary/aromatic N) is 2. The molecule has 2 N–H and O–H groups in total. The molecule has 2 rings (SSSR count). The molecule has 2 aromatic rings. The van der Waals surface area contributed by atoms with E-state index in [1.54, 1.807) is 6.20 Å². The van der Waals surface area contributed by atoms with E-state index in [0.717, 1.165) is 5.69 Å². The van der Waals surface area contributed by atoms with Crippen LogP contribution in [-0.4, -0.2) is 16.7 Å². The SMILES string of the molecule is CC(C)(C)c1ccc(C(CN)c2cccnn2)cc1. The molecule has 1 heterocycles. The van der Waals surface area contributed by atoms with E-state index in [1.165, 1.54) is 11.1 Å². The second kappa shape index (κ2) is 5.49. The van der Waals surface area contributed by atoms with Crippen LogP contribution in [0.3, 0.4) is 0 Å². The highest BCUT2D eigenvalue weighted by Crippen LogP contribution is 2.26. The van der Waals surface area contributed by atoms with Gasteiger partial charge in [-0.1, -0.05) is 45.0 Å². The Kier molecular flexibility index (Phi) is 3.96. The predicted molar refractivity (Wildman–Crippen MR) is 78.1 cm³/mol. The van der Waals surface area contributed by atoms with Gasteiger partial charge in [0, 0.05) is 18.7 Å². The van der Waals surface area contributed by atoms with Crippen molar-refractivity contribution in [1.82, 2.24) is 10.2 Å². The summed E-state index contributed by atoms with van der Waals surface area (Å²) in [6.45, 7) is 7.18. The number of hydrogen-bond donors (Lipinski definition) is 1. The number of rotatable bonds is 3. The lowest BCUT2D eigenvalue weighted by Gasteiger charge is -2.20. The largest absolute Gasteiger partial charge is 0.329 e. The van der Waals surface area contributed by atoms with Crippen molar-refractivity contribution < 1.29 is 0 Å². The van der Waals surface area contributed by atoms with Gasteiger partial charge in [-0.25, -0.2) is 0 Å². The van der Waals surface area contributed by atoms with Crippen molar-refractivity contribution in [2.45, 2.75) is 32.1 Å². The molecule has 1 unspecified atom stereocenters. The number of hydrogen-bond acceptors (Lipinski definition) is 3. The average Bonchev–Trinajstić information content (AvgIpc) is 2.40. The Balaban J connectivity index is 2.30. The van der Waals surface area contributed by atoms with Crippen LogP contribution in [0.5, 0.6) is 0 Å². The maximum atomic E-state index is 5.89. The summed E-state index contributed by atoms with van der Waals surface area (Å²) in [5.74, 6) is 0.114. The molecule has 3 nitrogen and oxygen atoms in total. The molecule has 0 saturated heterocycles. The van der Waals surface area contributed by atoms with Crippen LogP contribution in [0.25, 0.3) is 0 Å². The lowest BCUT2D eigenvalue weighted by atomic mass is 9.85. The summed E-state index contributed by atoms with van der Waals surface area (Å²) in [6, 6.07) is 12.5. The fourth-order valence-corrected chi connectivity index (χ4v) is 2.14. The van der Waals surface area contributed by atoms with Gasteiger partial charge in [-0.2, -0.15) is 10.2 Å². The number of benzene rings is 1. The lowest BCUT2D eigenvalue weighted by molar-refractivity contribution is 0.589. The summed E-state index contributed by atoms with van der Waals surface area (Å²) in [5, 5.41) is 8.10. The van der Waals surface area contributed by atoms with Crippen molar-refractivity contribution in [2.24, 2.45) is 5.73 Å². The topological polar surface area (TPSA) is 51.8 Å². The number of aromatic nitrogens is 2. The van der Waals surface area contributed by atoms with E-state index in [4.69, 9.17) is 5.73 Å². The van der Waals surface area contributed by atoms with Gasteiger partial charge in [0.2, 0.25) is 0 Å². The molecule has 0 radical (unpaired) electrons.